The van der Waals surface area contributed by atoms with Gasteiger partial charge in [-0.1, -0.05) is 35.9 Å². The van der Waals surface area contributed by atoms with Gasteiger partial charge >= 0.3 is 0 Å². The van der Waals surface area contributed by atoms with Gasteiger partial charge in [-0.25, -0.2) is 0 Å². The lowest BCUT2D eigenvalue weighted by Crippen LogP contribution is -2.45. The lowest BCUT2D eigenvalue weighted by molar-refractivity contribution is 0.0977. The molecule has 0 N–H and O–H groups in total. The molecule has 0 radical (unpaired) electrons. The van der Waals surface area contributed by atoms with Crippen LogP contribution in [0.4, 0.5) is 5.69 Å². The average Bonchev–Trinajstić information content (AvgIpc) is 3.34. The van der Waals surface area contributed by atoms with E-state index in [4.69, 9.17) is 4.74 Å². The van der Waals surface area contributed by atoms with Gasteiger partial charge in [-0.3, -0.25) is 9.69 Å². The number of nitrogens with zero attached hydrogens (tertiary/aromatic N) is 2. The first kappa shape index (κ1) is 13.1. The zero-order valence-corrected chi connectivity index (χ0v) is 12.1. The molecular formula is C18H14N2O2. The highest BCUT2D eigenvalue weighted by Crippen LogP contribution is 2.51. The maximum atomic E-state index is 12.9. The number of ether oxygens (including phenoxy) is 1. The molecule has 4 heteroatoms. The van der Waals surface area contributed by atoms with Crippen molar-refractivity contribution in [3.05, 3.63) is 65.2 Å². The molecule has 1 amide bonds. The highest BCUT2D eigenvalue weighted by Gasteiger charge is 2.55. The second-order valence-electron chi connectivity index (χ2n) is 5.70. The van der Waals surface area contributed by atoms with Crippen molar-refractivity contribution in [2.75, 3.05) is 4.90 Å². The Morgan fingerprint density at radius 2 is 1.91 bits per heavy atom. The summed E-state index contributed by atoms with van der Waals surface area (Å²) in [6.07, 6.45) is -0.266. The number of carbonyl (C=O) groups is 1. The topological polar surface area (TPSA) is 56.6 Å². The predicted molar refractivity (Wildman–Crippen MR) is 81.4 cm³/mol. The van der Waals surface area contributed by atoms with E-state index < -0.39 is 6.04 Å². The number of amides is 1. The van der Waals surface area contributed by atoms with E-state index in [0.717, 1.165) is 16.8 Å². The van der Waals surface area contributed by atoms with Crippen LogP contribution < -0.4 is 4.90 Å². The van der Waals surface area contributed by atoms with Crippen molar-refractivity contribution in [3.63, 3.8) is 0 Å². The van der Waals surface area contributed by atoms with Gasteiger partial charge < -0.3 is 4.74 Å². The first-order valence-electron chi connectivity index (χ1n) is 7.25. The van der Waals surface area contributed by atoms with Crippen molar-refractivity contribution in [2.24, 2.45) is 0 Å². The van der Waals surface area contributed by atoms with Crippen molar-refractivity contribution in [2.45, 2.75) is 25.2 Å². The van der Waals surface area contributed by atoms with Crippen LogP contribution in [0, 0.1) is 18.3 Å². The van der Waals surface area contributed by atoms with E-state index in [1.54, 1.807) is 17.0 Å². The molecule has 2 aliphatic rings. The van der Waals surface area contributed by atoms with Crippen LogP contribution in [-0.2, 0) is 4.74 Å². The normalized spacial score (nSPS) is 24.9. The van der Waals surface area contributed by atoms with Crippen LogP contribution in [0.15, 0.2) is 48.5 Å². The van der Waals surface area contributed by atoms with Gasteiger partial charge in [-0.15, -0.1) is 0 Å². The zero-order chi connectivity index (χ0) is 15.3. The molecule has 1 saturated heterocycles. The first-order chi connectivity index (χ1) is 10.7. The van der Waals surface area contributed by atoms with Crippen molar-refractivity contribution in [3.8, 4) is 6.07 Å². The largest absolute Gasteiger partial charge is 0.361 e. The minimum atomic E-state index is -0.575. The Kier molecular flexibility index (Phi) is 2.78. The number of para-hydroxylation sites is 1. The highest BCUT2D eigenvalue weighted by molar-refractivity contribution is 6.08. The van der Waals surface area contributed by atoms with Gasteiger partial charge in [0.25, 0.3) is 5.91 Å². The average molecular weight is 290 g/mol. The maximum Gasteiger partial charge on any atom is 0.259 e. The maximum absolute atomic E-state index is 12.9. The number of hydrogen-bond donors (Lipinski definition) is 0. The number of epoxide rings is 1. The van der Waals surface area contributed by atoms with Gasteiger partial charge in [0.1, 0.15) is 12.2 Å². The van der Waals surface area contributed by atoms with E-state index in [1.807, 2.05) is 43.3 Å². The lowest BCUT2D eigenvalue weighted by Gasteiger charge is -2.31. The summed E-state index contributed by atoms with van der Waals surface area (Å²) in [6.45, 7) is 1.98. The fourth-order valence-corrected chi connectivity index (χ4v) is 3.06. The summed E-state index contributed by atoms with van der Waals surface area (Å²) in [4.78, 5) is 14.5. The van der Waals surface area contributed by atoms with Crippen molar-refractivity contribution < 1.29 is 9.53 Å². The minimum Gasteiger partial charge on any atom is -0.361 e. The number of fused-ring (bicyclic) bond motifs is 3. The molecule has 0 spiro atoms. The summed E-state index contributed by atoms with van der Waals surface area (Å²) in [6, 6.07) is 16.7. The Morgan fingerprint density at radius 1 is 1.18 bits per heavy atom. The van der Waals surface area contributed by atoms with E-state index in [9.17, 15) is 10.1 Å². The second-order valence-corrected chi connectivity index (χ2v) is 5.70. The Labute approximate surface area is 128 Å². The molecule has 4 rings (SSSR count). The van der Waals surface area contributed by atoms with E-state index in [0.29, 0.717) is 5.56 Å². The fraction of sp³-hybridized carbons (Fsp3) is 0.222. The zero-order valence-electron chi connectivity index (χ0n) is 12.1. The number of hydrogen-bond acceptors (Lipinski definition) is 3. The molecule has 22 heavy (non-hydrogen) atoms. The van der Waals surface area contributed by atoms with Crippen molar-refractivity contribution >= 4 is 11.6 Å². The van der Waals surface area contributed by atoms with E-state index >= 15 is 0 Å². The minimum absolute atomic E-state index is 0.0529. The summed E-state index contributed by atoms with van der Waals surface area (Å²) in [7, 11) is 0. The quantitative estimate of drug-likeness (QED) is 0.759. The molecule has 3 atom stereocenters. The Bertz CT molecular complexity index is 791. The summed E-state index contributed by atoms with van der Waals surface area (Å²) >= 11 is 0. The smallest absolute Gasteiger partial charge is 0.259 e. The van der Waals surface area contributed by atoms with Gasteiger partial charge in [0, 0.05) is 11.1 Å². The number of anilines is 1. The molecule has 2 aromatic carbocycles. The molecule has 0 aromatic heterocycles. The molecule has 108 valence electrons. The van der Waals surface area contributed by atoms with Crippen LogP contribution >= 0.6 is 0 Å². The fourth-order valence-electron chi connectivity index (χ4n) is 3.06. The monoisotopic (exact) mass is 290 g/mol. The molecule has 2 aliphatic heterocycles. The van der Waals surface area contributed by atoms with E-state index in [1.165, 1.54) is 0 Å². The molecule has 2 aromatic rings. The molecule has 0 bridgehead atoms. The molecular weight excluding hydrogens is 276 g/mol. The standard InChI is InChI=1S/C18H14N2O2/c1-11-6-8-12(9-7-11)18(21)20-14-5-3-2-4-13(14)16-17(22-16)15(20)10-19/h2-9,15-17H,1H3/t15-,16+,17-/m0/s1. The third-order valence-electron chi connectivity index (χ3n) is 4.27. The van der Waals surface area contributed by atoms with Gasteiger partial charge in [0.2, 0.25) is 0 Å². The van der Waals surface area contributed by atoms with Gasteiger partial charge in [-0.05, 0) is 25.1 Å². The number of benzene rings is 2. The van der Waals surface area contributed by atoms with Gasteiger partial charge in [-0.2, -0.15) is 5.26 Å². The van der Waals surface area contributed by atoms with Crippen molar-refractivity contribution in [1.29, 1.82) is 5.26 Å². The van der Waals surface area contributed by atoms with Gasteiger partial charge in [0.15, 0.2) is 6.04 Å². The SMILES string of the molecule is Cc1ccc(C(=O)N2c3ccccc3[C@H]3O[C@H]3[C@@H]2C#N)cc1. The Hall–Kier alpha value is -2.64. The molecule has 4 nitrogen and oxygen atoms in total. The lowest BCUT2D eigenvalue weighted by atomic mass is 9.95. The van der Waals surface area contributed by atoms with Crippen LogP contribution in [-0.4, -0.2) is 18.1 Å². The van der Waals surface area contributed by atoms with E-state index in [-0.39, 0.29) is 18.1 Å². The summed E-state index contributed by atoms with van der Waals surface area (Å²) in [5.41, 5.74) is 3.44. The molecule has 1 fully saturated rings. The Balaban J connectivity index is 1.80. The van der Waals surface area contributed by atoms with Gasteiger partial charge in [0.05, 0.1) is 11.8 Å². The predicted octanol–water partition coefficient (Wildman–Crippen LogP) is 2.99. The van der Waals surface area contributed by atoms with E-state index in [2.05, 4.69) is 6.07 Å². The summed E-state index contributed by atoms with van der Waals surface area (Å²) in [5, 5.41) is 9.50. The molecule has 0 aliphatic carbocycles. The number of aryl methyl sites for hydroxylation is 1. The van der Waals surface area contributed by atoms with Crippen LogP contribution in [0.3, 0.4) is 0 Å². The van der Waals surface area contributed by atoms with Crippen LogP contribution in [0.2, 0.25) is 0 Å². The Morgan fingerprint density at radius 3 is 2.64 bits per heavy atom. The summed E-state index contributed by atoms with van der Waals surface area (Å²) < 4.78 is 5.63. The number of carbonyl (C=O) groups excluding carboxylic acids is 1. The van der Waals surface area contributed by atoms with Crippen LogP contribution in [0.5, 0.6) is 0 Å². The van der Waals surface area contributed by atoms with Crippen LogP contribution in [0.25, 0.3) is 0 Å². The number of rotatable bonds is 1. The molecule has 0 saturated carbocycles. The third kappa shape index (κ3) is 1.83. The number of nitriles is 1. The first-order valence-corrected chi connectivity index (χ1v) is 7.25. The third-order valence-corrected chi connectivity index (χ3v) is 4.27. The van der Waals surface area contributed by atoms with Crippen molar-refractivity contribution in [1.82, 2.24) is 0 Å². The summed E-state index contributed by atoms with van der Waals surface area (Å²) in [5.74, 6) is -0.159. The van der Waals surface area contributed by atoms with Crippen LogP contribution in [0.1, 0.15) is 27.6 Å². The molecule has 0 unspecified atom stereocenters. The second kappa shape index (κ2) is 4.69. The highest BCUT2D eigenvalue weighted by atomic mass is 16.6. The molecule has 2 heterocycles.